The Bertz CT molecular complexity index is 715. The number of hydrogen-bond acceptors (Lipinski definition) is 4. The van der Waals surface area contributed by atoms with E-state index in [-0.39, 0.29) is 18.6 Å². The molecule has 1 N–H and O–H groups in total. The van der Waals surface area contributed by atoms with Crippen LogP contribution < -0.4 is 10.1 Å². The zero-order valence-corrected chi connectivity index (χ0v) is 14.7. The number of nitrogens with one attached hydrogen (secondary N) is 1. The molecule has 0 unspecified atom stereocenters. The number of hydrogen-bond donors (Lipinski definition) is 1. The molecule has 0 aliphatic heterocycles. The van der Waals surface area contributed by atoms with Crippen molar-refractivity contribution in [2.75, 3.05) is 6.61 Å². The lowest BCUT2D eigenvalue weighted by Crippen LogP contribution is -2.34. The maximum absolute atomic E-state index is 12.0. The molecular weight excluding hydrogens is 318 g/mol. The molecule has 0 spiro atoms. The Labute approximate surface area is 148 Å². The number of carbonyl (C=O) groups is 2. The first kappa shape index (κ1) is 18.5. The molecule has 0 radical (unpaired) electrons. The molecule has 0 aromatic heterocycles. The first-order valence-corrected chi connectivity index (χ1v) is 8.20. The lowest BCUT2D eigenvalue weighted by atomic mass is 10.1. The summed E-state index contributed by atoms with van der Waals surface area (Å²) in [5.41, 5.74) is 2.02. The molecule has 2 aromatic rings. The van der Waals surface area contributed by atoms with Crippen LogP contribution in [0.2, 0.25) is 0 Å². The maximum Gasteiger partial charge on any atom is 0.347 e. The average Bonchev–Trinajstić information content (AvgIpc) is 2.60. The maximum atomic E-state index is 12.0. The fourth-order valence-electron chi connectivity index (χ4n) is 2.30. The Morgan fingerprint density at radius 2 is 1.76 bits per heavy atom. The van der Waals surface area contributed by atoms with Gasteiger partial charge in [-0.15, -0.1) is 0 Å². The molecule has 0 aliphatic carbocycles. The number of rotatable bonds is 7. The van der Waals surface area contributed by atoms with Gasteiger partial charge < -0.3 is 14.8 Å². The standard InChI is InChI=1S/C20H23NO4/c1-14-8-7-11-18(12-14)25-16(3)20(23)24-13-19(22)21-15(2)17-9-5-4-6-10-17/h4-12,15-16H,13H2,1-3H3,(H,21,22)/t15-,16+/m1/s1. The minimum atomic E-state index is -0.791. The molecule has 2 atom stereocenters. The SMILES string of the molecule is Cc1cccc(O[C@@H](C)C(=O)OCC(=O)N[C@H](C)c2ccccc2)c1. The Balaban J connectivity index is 1.77. The Morgan fingerprint density at radius 1 is 1.04 bits per heavy atom. The van der Waals surface area contributed by atoms with Gasteiger partial charge in [0, 0.05) is 0 Å². The van der Waals surface area contributed by atoms with E-state index in [2.05, 4.69) is 5.32 Å². The van der Waals surface area contributed by atoms with E-state index in [1.807, 2.05) is 62.4 Å². The zero-order valence-electron chi connectivity index (χ0n) is 14.7. The monoisotopic (exact) mass is 341 g/mol. The largest absolute Gasteiger partial charge is 0.479 e. The van der Waals surface area contributed by atoms with Crippen molar-refractivity contribution in [1.82, 2.24) is 5.32 Å². The highest BCUT2D eigenvalue weighted by molar-refractivity contribution is 5.82. The van der Waals surface area contributed by atoms with Gasteiger partial charge in [-0.1, -0.05) is 42.5 Å². The molecule has 5 heteroatoms. The highest BCUT2D eigenvalue weighted by Crippen LogP contribution is 2.15. The molecule has 2 rings (SSSR count). The summed E-state index contributed by atoms with van der Waals surface area (Å²) < 4.78 is 10.6. The van der Waals surface area contributed by atoms with Crippen LogP contribution >= 0.6 is 0 Å². The van der Waals surface area contributed by atoms with E-state index < -0.39 is 12.1 Å². The molecule has 0 saturated heterocycles. The molecule has 0 fully saturated rings. The summed E-state index contributed by atoms with van der Waals surface area (Å²) in [5, 5.41) is 2.79. The van der Waals surface area contributed by atoms with Crippen molar-refractivity contribution in [1.29, 1.82) is 0 Å². The van der Waals surface area contributed by atoms with E-state index in [0.717, 1.165) is 11.1 Å². The van der Waals surface area contributed by atoms with Gasteiger partial charge >= 0.3 is 5.97 Å². The van der Waals surface area contributed by atoms with Gasteiger partial charge in [0.25, 0.3) is 5.91 Å². The van der Waals surface area contributed by atoms with Crippen molar-refractivity contribution in [3.63, 3.8) is 0 Å². The number of benzene rings is 2. The van der Waals surface area contributed by atoms with Gasteiger partial charge in [0.1, 0.15) is 5.75 Å². The molecule has 0 bridgehead atoms. The number of esters is 1. The minimum absolute atomic E-state index is 0.159. The zero-order chi connectivity index (χ0) is 18.2. The fraction of sp³-hybridized carbons (Fsp3) is 0.300. The third-order valence-electron chi connectivity index (χ3n) is 3.66. The second-order valence-electron chi connectivity index (χ2n) is 5.88. The van der Waals surface area contributed by atoms with Crippen LogP contribution in [-0.2, 0) is 14.3 Å². The minimum Gasteiger partial charge on any atom is -0.479 e. The predicted octanol–water partition coefficient (Wildman–Crippen LogP) is 3.18. The van der Waals surface area contributed by atoms with Gasteiger partial charge in [-0.05, 0) is 44.0 Å². The molecule has 5 nitrogen and oxygen atoms in total. The van der Waals surface area contributed by atoms with Gasteiger partial charge in [-0.25, -0.2) is 4.79 Å². The number of carbonyl (C=O) groups excluding carboxylic acids is 2. The summed E-state index contributed by atoms with van der Waals surface area (Å²) in [7, 11) is 0. The van der Waals surface area contributed by atoms with Crippen LogP contribution in [0.3, 0.4) is 0 Å². The second-order valence-corrected chi connectivity index (χ2v) is 5.88. The number of amides is 1. The van der Waals surface area contributed by atoms with Crippen molar-refractivity contribution in [3.05, 3.63) is 65.7 Å². The van der Waals surface area contributed by atoms with Gasteiger partial charge in [-0.2, -0.15) is 0 Å². The summed E-state index contributed by atoms with van der Waals surface area (Å²) in [6.07, 6.45) is -0.791. The molecule has 1 amide bonds. The quantitative estimate of drug-likeness (QED) is 0.786. The van der Waals surface area contributed by atoms with Crippen LogP contribution in [0.5, 0.6) is 5.75 Å². The van der Waals surface area contributed by atoms with E-state index in [1.54, 1.807) is 13.0 Å². The summed E-state index contributed by atoms with van der Waals surface area (Å²) >= 11 is 0. The predicted molar refractivity (Wildman–Crippen MR) is 95.2 cm³/mol. The summed E-state index contributed by atoms with van der Waals surface area (Å²) in [4.78, 5) is 23.9. The topological polar surface area (TPSA) is 64.6 Å². The summed E-state index contributed by atoms with van der Waals surface area (Å²) in [6.45, 7) is 5.07. The molecule has 0 heterocycles. The Hall–Kier alpha value is -2.82. The van der Waals surface area contributed by atoms with Crippen molar-refractivity contribution < 1.29 is 19.1 Å². The van der Waals surface area contributed by atoms with E-state index in [4.69, 9.17) is 9.47 Å². The van der Waals surface area contributed by atoms with Crippen LogP contribution in [0.15, 0.2) is 54.6 Å². The molecular formula is C20H23NO4. The Kier molecular flexibility index (Phi) is 6.57. The van der Waals surface area contributed by atoms with Crippen LogP contribution in [-0.4, -0.2) is 24.6 Å². The number of aryl methyl sites for hydroxylation is 1. The molecule has 132 valence electrons. The van der Waals surface area contributed by atoms with E-state index in [1.165, 1.54) is 0 Å². The van der Waals surface area contributed by atoms with Crippen molar-refractivity contribution >= 4 is 11.9 Å². The van der Waals surface area contributed by atoms with Gasteiger partial charge in [-0.3, -0.25) is 4.79 Å². The van der Waals surface area contributed by atoms with E-state index in [9.17, 15) is 9.59 Å². The smallest absolute Gasteiger partial charge is 0.347 e. The highest BCUT2D eigenvalue weighted by Gasteiger charge is 2.18. The van der Waals surface area contributed by atoms with Crippen LogP contribution in [0.4, 0.5) is 0 Å². The van der Waals surface area contributed by atoms with Gasteiger partial charge in [0.05, 0.1) is 6.04 Å². The van der Waals surface area contributed by atoms with Crippen LogP contribution in [0.25, 0.3) is 0 Å². The first-order chi connectivity index (χ1) is 12.0. The second kappa shape index (κ2) is 8.87. The normalized spacial score (nSPS) is 12.8. The van der Waals surface area contributed by atoms with Crippen molar-refractivity contribution in [3.8, 4) is 5.75 Å². The van der Waals surface area contributed by atoms with Gasteiger partial charge in [0.2, 0.25) is 0 Å². The number of ether oxygens (including phenoxy) is 2. The lowest BCUT2D eigenvalue weighted by molar-refractivity contribution is -0.154. The molecule has 0 aliphatic rings. The molecule has 2 aromatic carbocycles. The third-order valence-corrected chi connectivity index (χ3v) is 3.66. The lowest BCUT2D eigenvalue weighted by Gasteiger charge is -2.16. The van der Waals surface area contributed by atoms with Crippen molar-refractivity contribution in [2.24, 2.45) is 0 Å². The molecule has 0 saturated carbocycles. The average molecular weight is 341 g/mol. The van der Waals surface area contributed by atoms with E-state index >= 15 is 0 Å². The van der Waals surface area contributed by atoms with E-state index in [0.29, 0.717) is 5.75 Å². The molecule has 25 heavy (non-hydrogen) atoms. The Morgan fingerprint density at radius 3 is 2.44 bits per heavy atom. The van der Waals surface area contributed by atoms with Gasteiger partial charge in [0.15, 0.2) is 12.7 Å². The summed E-state index contributed by atoms with van der Waals surface area (Å²) in [5.74, 6) is -0.344. The van der Waals surface area contributed by atoms with Crippen molar-refractivity contribution in [2.45, 2.75) is 32.9 Å². The third kappa shape index (κ3) is 5.95. The van der Waals surface area contributed by atoms with Crippen LogP contribution in [0.1, 0.15) is 31.0 Å². The fourth-order valence-corrected chi connectivity index (χ4v) is 2.30. The summed E-state index contributed by atoms with van der Waals surface area (Å²) in [6, 6.07) is 16.8. The highest BCUT2D eigenvalue weighted by atomic mass is 16.6. The van der Waals surface area contributed by atoms with Crippen LogP contribution in [0, 0.1) is 6.92 Å². The first-order valence-electron chi connectivity index (χ1n) is 8.20.